The molecule has 0 heterocycles. The standard InChI is InChI=1S/C17H35NO4/c1-2-3-4-5-6-7-8-9-10-11-18(12-16(21)14-19)13-17(22)15-20/h2,16-17,19-22H,1,3-15H2. The van der Waals surface area contributed by atoms with Crippen LogP contribution in [0.25, 0.3) is 0 Å². The summed E-state index contributed by atoms with van der Waals surface area (Å²) in [6.45, 7) is 4.58. The summed E-state index contributed by atoms with van der Waals surface area (Å²) in [4.78, 5) is 1.91. The third-order valence-corrected chi connectivity index (χ3v) is 3.74. The Kier molecular flexibility index (Phi) is 15.1. The highest BCUT2D eigenvalue weighted by Crippen LogP contribution is 2.09. The average molecular weight is 317 g/mol. The molecule has 5 heteroatoms. The van der Waals surface area contributed by atoms with Crippen LogP contribution in [0.4, 0.5) is 0 Å². The van der Waals surface area contributed by atoms with Gasteiger partial charge in [0.15, 0.2) is 0 Å². The SMILES string of the molecule is C=CCCCCCCCCCN(CC(O)CO)CC(O)CO. The number of unbranched alkanes of at least 4 members (excludes halogenated alkanes) is 7. The van der Waals surface area contributed by atoms with Gasteiger partial charge in [-0.05, 0) is 25.8 Å². The molecular weight excluding hydrogens is 282 g/mol. The molecule has 2 atom stereocenters. The first kappa shape index (κ1) is 21.5. The second kappa shape index (κ2) is 15.4. The lowest BCUT2D eigenvalue weighted by Crippen LogP contribution is -2.40. The van der Waals surface area contributed by atoms with Crippen molar-refractivity contribution in [1.82, 2.24) is 4.90 Å². The van der Waals surface area contributed by atoms with Crippen molar-refractivity contribution >= 4 is 0 Å². The van der Waals surface area contributed by atoms with Crippen molar-refractivity contribution in [3.8, 4) is 0 Å². The van der Waals surface area contributed by atoms with Gasteiger partial charge in [0.2, 0.25) is 0 Å². The quantitative estimate of drug-likeness (QED) is 0.255. The van der Waals surface area contributed by atoms with E-state index in [9.17, 15) is 10.2 Å². The van der Waals surface area contributed by atoms with Gasteiger partial charge in [0.25, 0.3) is 0 Å². The summed E-state index contributed by atoms with van der Waals surface area (Å²) in [6, 6.07) is 0. The predicted molar refractivity (Wildman–Crippen MR) is 89.8 cm³/mol. The molecule has 4 N–H and O–H groups in total. The molecule has 0 aromatic rings. The Balaban J connectivity index is 3.71. The molecule has 0 saturated carbocycles. The van der Waals surface area contributed by atoms with Crippen molar-refractivity contribution in [3.63, 3.8) is 0 Å². The van der Waals surface area contributed by atoms with Crippen molar-refractivity contribution in [2.45, 2.75) is 63.6 Å². The lowest BCUT2D eigenvalue weighted by Gasteiger charge is -2.26. The zero-order chi connectivity index (χ0) is 16.6. The Labute approximate surface area is 135 Å². The van der Waals surface area contributed by atoms with Crippen LogP contribution in [0.2, 0.25) is 0 Å². The number of hydrogen-bond donors (Lipinski definition) is 4. The van der Waals surface area contributed by atoms with Crippen LogP contribution in [0, 0.1) is 0 Å². The number of aliphatic hydroxyl groups excluding tert-OH is 4. The molecular formula is C17H35NO4. The zero-order valence-corrected chi connectivity index (χ0v) is 13.9. The van der Waals surface area contributed by atoms with Crippen molar-refractivity contribution in [2.24, 2.45) is 0 Å². The maximum absolute atomic E-state index is 9.51. The van der Waals surface area contributed by atoms with Crippen molar-refractivity contribution in [1.29, 1.82) is 0 Å². The fraction of sp³-hybridized carbons (Fsp3) is 0.882. The molecule has 0 spiro atoms. The summed E-state index contributed by atoms with van der Waals surface area (Å²) < 4.78 is 0. The molecule has 0 aromatic heterocycles. The summed E-state index contributed by atoms with van der Waals surface area (Å²) in [5.74, 6) is 0. The Morgan fingerprint density at radius 2 is 1.23 bits per heavy atom. The van der Waals surface area contributed by atoms with Gasteiger partial charge in [0.1, 0.15) is 0 Å². The Morgan fingerprint density at radius 3 is 1.68 bits per heavy atom. The largest absolute Gasteiger partial charge is 0.394 e. The van der Waals surface area contributed by atoms with Gasteiger partial charge >= 0.3 is 0 Å². The van der Waals surface area contributed by atoms with E-state index in [-0.39, 0.29) is 13.2 Å². The molecule has 0 fully saturated rings. The molecule has 0 aliphatic carbocycles. The van der Waals surface area contributed by atoms with Crippen LogP contribution < -0.4 is 0 Å². The van der Waals surface area contributed by atoms with Crippen LogP contribution in [0.15, 0.2) is 12.7 Å². The van der Waals surface area contributed by atoms with Gasteiger partial charge in [-0.25, -0.2) is 0 Å². The number of aliphatic hydroxyl groups is 4. The van der Waals surface area contributed by atoms with E-state index in [1.807, 2.05) is 11.0 Å². The van der Waals surface area contributed by atoms with E-state index in [4.69, 9.17) is 10.2 Å². The van der Waals surface area contributed by atoms with Gasteiger partial charge in [-0.1, -0.05) is 38.2 Å². The molecule has 0 radical (unpaired) electrons. The van der Waals surface area contributed by atoms with Gasteiger partial charge in [-0.15, -0.1) is 6.58 Å². The molecule has 0 aromatic carbocycles. The third-order valence-electron chi connectivity index (χ3n) is 3.74. The molecule has 0 bridgehead atoms. The minimum atomic E-state index is -0.796. The topological polar surface area (TPSA) is 84.2 Å². The van der Waals surface area contributed by atoms with Crippen LogP contribution in [0.3, 0.4) is 0 Å². The highest BCUT2D eigenvalue weighted by molar-refractivity contribution is 4.68. The first-order chi connectivity index (χ1) is 10.6. The predicted octanol–water partition coefficient (Wildman–Crippen LogP) is 1.30. The Hall–Kier alpha value is -0.460. The molecule has 0 amide bonds. The van der Waals surface area contributed by atoms with Gasteiger partial charge in [0.05, 0.1) is 25.4 Å². The number of allylic oxidation sites excluding steroid dienone is 1. The summed E-state index contributed by atoms with van der Waals surface area (Å²) in [7, 11) is 0. The lowest BCUT2D eigenvalue weighted by molar-refractivity contribution is 0.0228. The number of nitrogens with zero attached hydrogens (tertiary/aromatic N) is 1. The number of hydrogen-bond acceptors (Lipinski definition) is 5. The van der Waals surface area contributed by atoms with E-state index >= 15 is 0 Å². The van der Waals surface area contributed by atoms with E-state index in [1.54, 1.807) is 0 Å². The summed E-state index contributed by atoms with van der Waals surface area (Å²) >= 11 is 0. The summed E-state index contributed by atoms with van der Waals surface area (Å²) in [6.07, 6.45) is 9.83. The van der Waals surface area contributed by atoms with Crippen LogP contribution in [-0.2, 0) is 0 Å². The summed E-state index contributed by atoms with van der Waals surface area (Å²) in [5, 5.41) is 36.9. The van der Waals surface area contributed by atoms with Gasteiger partial charge in [-0.3, -0.25) is 4.90 Å². The second-order valence-electron chi connectivity index (χ2n) is 5.98. The molecule has 22 heavy (non-hydrogen) atoms. The average Bonchev–Trinajstić information content (AvgIpc) is 2.52. The summed E-state index contributed by atoms with van der Waals surface area (Å²) in [5.41, 5.74) is 0. The molecule has 2 unspecified atom stereocenters. The van der Waals surface area contributed by atoms with E-state index < -0.39 is 12.2 Å². The first-order valence-electron chi connectivity index (χ1n) is 8.55. The molecule has 5 nitrogen and oxygen atoms in total. The van der Waals surface area contributed by atoms with E-state index in [1.165, 1.54) is 32.1 Å². The van der Waals surface area contributed by atoms with Crippen molar-refractivity contribution in [2.75, 3.05) is 32.8 Å². The maximum Gasteiger partial charge on any atom is 0.0897 e. The minimum absolute atomic E-state index is 0.281. The number of rotatable bonds is 16. The third kappa shape index (κ3) is 13.2. The first-order valence-corrected chi connectivity index (χ1v) is 8.55. The van der Waals surface area contributed by atoms with E-state index in [0.29, 0.717) is 13.1 Å². The fourth-order valence-corrected chi connectivity index (χ4v) is 2.48. The Bertz CT molecular complexity index is 239. The van der Waals surface area contributed by atoms with Crippen molar-refractivity contribution in [3.05, 3.63) is 12.7 Å². The van der Waals surface area contributed by atoms with Crippen molar-refractivity contribution < 1.29 is 20.4 Å². The highest BCUT2D eigenvalue weighted by Gasteiger charge is 2.14. The fourth-order valence-electron chi connectivity index (χ4n) is 2.48. The van der Waals surface area contributed by atoms with Gasteiger partial charge in [-0.2, -0.15) is 0 Å². The molecule has 0 rings (SSSR count). The maximum atomic E-state index is 9.51. The van der Waals surface area contributed by atoms with E-state index in [2.05, 4.69) is 6.58 Å². The van der Waals surface area contributed by atoms with Crippen LogP contribution in [0.1, 0.15) is 51.4 Å². The molecule has 0 aliphatic rings. The smallest absolute Gasteiger partial charge is 0.0897 e. The Morgan fingerprint density at radius 1 is 0.773 bits per heavy atom. The molecule has 0 saturated heterocycles. The zero-order valence-electron chi connectivity index (χ0n) is 13.9. The highest BCUT2D eigenvalue weighted by atomic mass is 16.3. The van der Waals surface area contributed by atoms with E-state index in [0.717, 1.165) is 25.8 Å². The lowest BCUT2D eigenvalue weighted by atomic mass is 10.1. The monoisotopic (exact) mass is 317 g/mol. The van der Waals surface area contributed by atoms with Gasteiger partial charge in [0, 0.05) is 13.1 Å². The second-order valence-corrected chi connectivity index (χ2v) is 5.98. The molecule has 0 aliphatic heterocycles. The minimum Gasteiger partial charge on any atom is -0.394 e. The van der Waals surface area contributed by atoms with Crippen LogP contribution >= 0.6 is 0 Å². The normalized spacial score (nSPS) is 14.2. The van der Waals surface area contributed by atoms with Crippen LogP contribution in [0.5, 0.6) is 0 Å². The van der Waals surface area contributed by atoms with Gasteiger partial charge < -0.3 is 20.4 Å². The van der Waals surface area contributed by atoms with Crippen LogP contribution in [-0.4, -0.2) is 70.4 Å². The molecule has 132 valence electrons.